The summed E-state index contributed by atoms with van der Waals surface area (Å²) in [7, 11) is 5.66. The van der Waals surface area contributed by atoms with Gasteiger partial charge in [-0.2, -0.15) is 0 Å². The van der Waals surface area contributed by atoms with Crippen molar-refractivity contribution < 1.29 is 14.3 Å². The SMILES string of the molecule is COc1cccc(CC(=O)N2CCOCC2CN(C)C)c1. The highest BCUT2D eigenvalue weighted by Gasteiger charge is 2.27. The lowest BCUT2D eigenvalue weighted by molar-refractivity contribution is -0.139. The van der Waals surface area contributed by atoms with Gasteiger partial charge in [0.05, 0.1) is 32.8 Å². The Bertz CT molecular complexity index is 476. The van der Waals surface area contributed by atoms with Crippen molar-refractivity contribution in [1.29, 1.82) is 0 Å². The van der Waals surface area contributed by atoms with Gasteiger partial charge in [-0.1, -0.05) is 12.1 Å². The summed E-state index contributed by atoms with van der Waals surface area (Å²) >= 11 is 0. The lowest BCUT2D eigenvalue weighted by atomic mass is 10.1. The fraction of sp³-hybridized carbons (Fsp3) is 0.562. The Morgan fingerprint density at radius 2 is 2.29 bits per heavy atom. The molecule has 1 heterocycles. The zero-order valence-electron chi connectivity index (χ0n) is 13.0. The van der Waals surface area contributed by atoms with E-state index in [4.69, 9.17) is 9.47 Å². The second-order valence-corrected chi connectivity index (χ2v) is 5.61. The van der Waals surface area contributed by atoms with Gasteiger partial charge in [-0.25, -0.2) is 0 Å². The number of nitrogens with zero attached hydrogens (tertiary/aromatic N) is 2. The average Bonchev–Trinajstić information content (AvgIpc) is 2.47. The van der Waals surface area contributed by atoms with Crippen molar-refractivity contribution >= 4 is 5.91 Å². The summed E-state index contributed by atoms with van der Waals surface area (Å²) in [5, 5.41) is 0. The molecule has 0 saturated carbocycles. The van der Waals surface area contributed by atoms with Gasteiger partial charge in [0.15, 0.2) is 0 Å². The van der Waals surface area contributed by atoms with Crippen molar-refractivity contribution in [3.63, 3.8) is 0 Å². The molecule has 1 unspecified atom stereocenters. The number of rotatable bonds is 5. The summed E-state index contributed by atoms with van der Waals surface area (Å²) in [6, 6.07) is 7.81. The number of carbonyl (C=O) groups is 1. The van der Waals surface area contributed by atoms with Crippen LogP contribution in [0.15, 0.2) is 24.3 Å². The first-order valence-electron chi connectivity index (χ1n) is 7.25. The van der Waals surface area contributed by atoms with Gasteiger partial charge in [0.2, 0.25) is 5.91 Å². The predicted octanol–water partition coefficient (Wildman–Crippen LogP) is 1.03. The van der Waals surface area contributed by atoms with E-state index in [0.717, 1.165) is 17.9 Å². The quantitative estimate of drug-likeness (QED) is 0.813. The van der Waals surface area contributed by atoms with Crippen LogP contribution in [0.1, 0.15) is 5.56 Å². The number of methoxy groups -OCH3 is 1. The topological polar surface area (TPSA) is 42.0 Å². The molecule has 0 bridgehead atoms. The number of hydrogen-bond donors (Lipinski definition) is 0. The maximum atomic E-state index is 12.6. The lowest BCUT2D eigenvalue weighted by Gasteiger charge is -2.37. The summed E-state index contributed by atoms with van der Waals surface area (Å²) < 4.78 is 10.7. The van der Waals surface area contributed by atoms with Crippen molar-refractivity contribution in [3.05, 3.63) is 29.8 Å². The maximum Gasteiger partial charge on any atom is 0.227 e. The number of likely N-dealkylation sites (N-methyl/N-ethyl adjacent to an activating group) is 1. The minimum absolute atomic E-state index is 0.131. The van der Waals surface area contributed by atoms with Crippen LogP contribution in [-0.2, 0) is 16.0 Å². The number of morpholine rings is 1. The molecule has 0 aromatic heterocycles. The fourth-order valence-electron chi connectivity index (χ4n) is 2.61. The smallest absolute Gasteiger partial charge is 0.227 e. The van der Waals surface area contributed by atoms with Crippen LogP contribution in [-0.4, -0.2) is 69.3 Å². The van der Waals surface area contributed by atoms with E-state index in [2.05, 4.69) is 4.90 Å². The van der Waals surface area contributed by atoms with E-state index in [1.54, 1.807) is 7.11 Å². The van der Waals surface area contributed by atoms with Gasteiger partial charge in [-0.3, -0.25) is 4.79 Å². The molecule has 1 amide bonds. The first kappa shape index (κ1) is 15.8. The monoisotopic (exact) mass is 292 g/mol. The molecule has 5 heteroatoms. The van der Waals surface area contributed by atoms with Gasteiger partial charge in [-0.15, -0.1) is 0 Å². The highest BCUT2D eigenvalue weighted by Crippen LogP contribution is 2.15. The normalized spacial score (nSPS) is 18.9. The first-order chi connectivity index (χ1) is 10.1. The number of carbonyl (C=O) groups excluding carboxylic acids is 1. The Kier molecular flexibility index (Phi) is 5.59. The average molecular weight is 292 g/mol. The molecule has 1 aromatic carbocycles. The van der Waals surface area contributed by atoms with Crippen molar-refractivity contribution in [1.82, 2.24) is 9.80 Å². The molecule has 1 fully saturated rings. The maximum absolute atomic E-state index is 12.6. The summed E-state index contributed by atoms with van der Waals surface area (Å²) in [6.07, 6.45) is 0.404. The Balaban J connectivity index is 2.02. The van der Waals surface area contributed by atoms with Crippen molar-refractivity contribution in [2.45, 2.75) is 12.5 Å². The molecule has 1 atom stereocenters. The molecule has 5 nitrogen and oxygen atoms in total. The minimum Gasteiger partial charge on any atom is -0.497 e. The molecule has 0 spiro atoms. The highest BCUT2D eigenvalue weighted by molar-refractivity contribution is 5.79. The van der Waals surface area contributed by atoms with E-state index in [1.807, 2.05) is 43.3 Å². The van der Waals surface area contributed by atoms with Crippen molar-refractivity contribution in [3.8, 4) is 5.75 Å². The van der Waals surface area contributed by atoms with Crippen LogP contribution in [0.4, 0.5) is 0 Å². The van der Waals surface area contributed by atoms with Crippen LogP contribution in [0.2, 0.25) is 0 Å². The number of ether oxygens (including phenoxy) is 2. The summed E-state index contributed by atoms with van der Waals surface area (Å²) in [5.74, 6) is 0.936. The molecule has 1 aromatic rings. The van der Waals surface area contributed by atoms with Gasteiger partial charge in [0.25, 0.3) is 0 Å². The third-order valence-electron chi connectivity index (χ3n) is 3.61. The first-order valence-corrected chi connectivity index (χ1v) is 7.25. The zero-order valence-corrected chi connectivity index (χ0v) is 13.0. The Hall–Kier alpha value is -1.59. The molecule has 1 aliphatic heterocycles. The molecular weight excluding hydrogens is 268 g/mol. The van der Waals surface area contributed by atoms with Crippen LogP contribution in [0, 0.1) is 0 Å². The third-order valence-corrected chi connectivity index (χ3v) is 3.61. The van der Waals surface area contributed by atoms with E-state index in [9.17, 15) is 4.79 Å². The number of benzene rings is 1. The van der Waals surface area contributed by atoms with E-state index < -0.39 is 0 Å². The lowest BCUT2D eigenvalue weighted by Crippen LogP contribution is -2.53. The zero-order chi connectivity index (χ0) is 15.2. The number of amides is 1. The molecule has 21 heavy (non-hydrogen) atoms. The van der Waals surface area contributed by atoms with E-state index >= 15 is 0 Å². The highest BCUT2D eigenvalue weighted by atomic mass is 16.5. The second kappa shape index (κ2) is 7.43. The van der Waals surface area contributed by atoms with Crippen molar-refractivity contribution in [2.75, 3.05) is 47.5 Å². The van der Waals surface area contributed by atoms with Crippen LogP contribution in [0.3, 0.4) is 0 Å². The van der Waals surface area contributed by atoms with Gasteiger partial charge in [-0.05, 0) is 31.8 Å². The molecular formula is C16H24N2O3. The Labute approximate surface area is 126 Å². The predicted molar refractivity (Wildman–Crippen MR) is 81.6 cm³/mol. The van der Waals surface area contributed by atoms with Crippen LogP contribution < -0.4 is 4.74 Å². The molecule has 2 rings (SSSR count). The fourth-order valence-corrected chi connectivity index (χ4v) is 2.61. The largest absolute Gasteiger partial charge is 0.497 e. The molecule has 0 radical (unpaired) electrons. The van der Waals surface area contributed by atoms with Gasteiger partial charge < -0.3 is 19.3 Å². The van der Waals surface area contributed by atoms with Gasteiger partial charge >= 0.3 is 0 Å². The third kappa shape index (κ3) is 4.44. The van der Waals surface area contributed by atoms with Gasteiger partial charge in [0.1, 0.15) is 5.75 Å². The Morgan fingerprint density at radius 1 is 1.48 bits per heavy atom. The van der Waals surface area contributed by atoms with Crippen molar-refractivity contribution in [2.24, 2.45) is 0 Å². The summed E-state index contributed by atoms with van der Waals surface area (Å²) in [6.45, 7) is 2.72. The van der Waals surface area contributed by atoms with Crippen LogP contribution >= 0.6 is 0 Å². The molecule has 116 valence electrons. The Morgan fingerprint density at radius 3 is 3.00 bits per heavy atom. The number of hydrogen-bond acceptors (Lipinski definition) is 4. The molecule has 1 saturated heterocycles. The minimum atomic E-state index is 0.131. The molecule has 0 aliphatic carbocycles. The van der Waals surface area contributed by atoms with E-state index in [-0.39, 0.29) is 11.9 Å². The van der Waals surface area contributed by atoms with Crippen LogP contribution in [0.25, 0.3) is 0 Å². The van der Waals surface area contributed by atoms with E-state index in [1.165, 1.54) is 0 Å². The second-order valence-electron chi connectivity index (χ2n) is 5.61. The van der Waals surface area contributed by atoms with E-state index in [0.29, 0.717) is 26.2 Å². The molecule has 0 N–H and O–H groups in total. The van der Waals surface area contributed by atoms with Crippen LogP contribution in [0.5, 0.6) is 5.75 Å². The van der Waals surface area contributed by atoms with Gasteiger partial charge in [0, 0.05) is 13.1 Å². The molecule has 1 aliphatic rings. The summed E-state index contributed by atoms with van der Waals surface area (Å²) in [5.41, 5.74) is 0.981. The standard InChI is InChI=1S/C16H24N2O3/c1-17(2)11-14-12-21-8-7-18(14)16(19)10-13-5-4-6-15(9-13)20-3/h4-6,9,14H,7-8,10-12H2,1-3H3. The summed E-state index contributed by atoms with van der Waals surface area (Å²) in [4.78, 5) is 16.6.